The molecule has 1 heterocycles. The van der Waals surface area contributed by atoms with Crippen LogP contribution < -0.4 is 10.1 Å². The Hall–Kier alpha value is -1.57. The fraction of sp³-hybridized carbons (Fsp3) is 0.562. The normalized spacial score (nSPS) is 20.1. The summed E-state index contributed by atoms with van der Waals surface area (Å²) in [5.74, 6) is 1.35. The van der Waals surface area contributed by atoms with Gasteiger partial charge in [-0.05, 0) is 43.9 Å². The van der Waals surface area contributed by atoms with Crippen LogP contribution in [0.5, 0.6) is 5.75 Å². The lowest BCUT2D eigenvalue weighted by atomic mass is 9.95. The first-order valence-electron chi connectivity index (χ1n) is 7.23. The van der Waals surface area contributed by atoms with Crippen LogP contribution >= 0.6 is 0 Å². The second kappa shape index (κ2) is 7.88. The number of ether oxygens (including phenoxy) is 2. The van der Waals surface area contributed by atoms with Crippen molar-refractivity contribution in [1.29, 1.82) is 5.26 Å². The average molecular weight is 274 g/mol. The molecule has 4 nitrogen and oxygen atoms in total. The Labute approximate surface area is 120 Å². The molecule has 0 unspecified atom stereocenters. The third kappa shape index (κ3) is 4.52. The molecule has 0 spiro atoms. The van der Waals surface area contributed by atoms with Gasteiger partial charge in [0.2, 0.25) is 0 Å². The third-order valence-corrected chi connectivity index (χ3v) is 3.70. The second-order valence-electron chi connectivity index (χ2n) is 5.21. The summed E-state index contributed by atoms with van der Waals surface area (Å²) in [7, 11) is 0. The van der Waals surface area contributed by atoms with Crippen molar-refractivity contribution in [2.24, 2.45) is 5.92 Å². The largest absolute Gasteiger partial charge is 0.492 e. The molecule has 1 aromatic carbocycles. The van der Waals surface area contributed by atoms with Gasteiger partial charge in [-0.25, -0.2) is 0 Å². The minimum atomic E-state index is 0.448. The van der Waals surface area contributed by atoms with E-state index < -0.39 is 0 Å². The van der Waals surface area contributed by atoms with Crippen molar-refractivity contribution < 1.29 is 9.47 Å². The van der Waals surface area contributed by atoms with Gasteiger partial charge in [0.25, 0.3) is 0 Å². The number of nitrogens with one attached hydrogen (secondary N) is 1. The van der Waals surface area contributed by atoms with Gasteiger partial charge in [0.15, 0.2) is 0 Å². The molecule has 1 aliphatic rings. The summed E-state index contributed by atoms with van der Waals surface area (Å²) in [5, 5.41) is 12.3. The first kappa shape index (κ1) is 14.8. The van der Waals surface area contributed by atoms with Gasteiger partial charge in [-0.15, -0.1) is 0 Å². The van der Waals surface area contributed by atoms with Crippen LogP contribution in [0.2, 0.25) is 0 Å². The third-order valence-electron chi connectivity index (χ3n) is 3.70. The molecule has 1 aliphatic heterocycles. The molecule has 0 bridgehead atoms. The molecule has 2 rings (SSSR count). The molecule has 0 radical (unpaired) electrons. The van der Waals surface area contributed by atoms with Crippen molar-refractivity contribution in [3.63, 3.8) is 0 Å². The minimum absolute atomic E-state index is 0.448. The number of hydrogen-bond acceptors (Lipinski definition) is 4. The molecular formula is C16H22N2O2. The quantitative estimate of drug-likeness (QED) is 0.809. The highest BCUT2D eigenvalue weighted by Gasteiger charge is 2.19. The molecule has 1 saturated heterocycles. The minimum Gasteiger partial charge on any atom is -0.492 e. The van der Waals surface area contributed by atoms with E-state index in [0.717, 1.165) is 31.9 Å². The van der Waals surface area contributed by atoms with Gasteiger partial charge in [0.05, 0.1) is 18.2 Å². The smallest absolute Gasteiger partial charge is 0.120 e. The molecule has 1 N–H and O–H groups in total. The Morgan fingerprint density at radius 2 is 2.45 bits per heavy atom. The summed E-state index contributed by atoms with van der Waals surface area (Å²) in [6.07, 6.45) is 2.40. The number of rotatable bonds is 6. The lowest BCUT2D eigenvalue weighted by Crippen LogP contribution is -2.39. The van der Waals surface area contributed by atoms with Gasteiger partial charge in [-0.2, -0.15) is 5.26 Å². The molecule has 0 amide bonds. The van der Waals surface area contributed by atoms with Crippen molar-refractivity contribution in [2.45, 2.75) is 25.8 Å². The highest BCUT2D eigenvalue weighted by atomic mass is 16.5. The predicted molar refractivity (Wildman–Crippen MR) is 77.7 cm³/mol. The topological polar surface area (TPSA) is 54.3 Å². The maximum atomic E-state index is 8.82. The summed E-state index contributed by atoms with van der Waals surface area (Å²) < 4.78 is 11.1. The summed E-state index contributed by atoms with van der Waals surface area (Å²) in [6.45, 7) is 5.37. The van der Waals surface area contributed by atoms with Crippen LogP contribution in [0.1, 0.15) is 25.3 Å². The zero-order valence-electron chi connectivity index (χ0n) is 12.0. The molecule has 1 aromatic rings. The van der Waals surface area contributed by atoms with Gasteiger partial charge in [-0.3, -0.25) is 0 Å². The fourth-order valence-corrected chi connectivity index (χ4v) is 2.44. The standard InChI is InChI=1S/C16H22N2O2/c1-13(15-5-3-8-19-12-15)18-7-9-20-16-6-2-4-14(10-16)11-17/h2,4,6,10,13,15,18H,3,5,7-9,12H2,1H3/t13-,15+/m1/s1. The van der Waals surface area contributed by atoms with E-state index in [1.165, 1.54) is 6.42 Å². The fourth-order valence-electron chi connectivity index (χ4n) is 2.44. The van der Waals surface area contributed by atoms with Crippen LogP contribution in [0.4, 0.5) is 0 Å². The molecular weight excluding hydrogens is 252 g/mol. The van der Waals surface area contributed by atoms with Gasteiger partial charge >= 0.3 is 0 Å². The zero-order chi connectivity index (χ0) is 14.2. The monoisotopic (exact) mass is 274 g/mol. The Balaban J connectivity index is 1.66. The van der Waals surface area contributed by atoms with E-state index in [1.807, 2.05) is 12.1 Å². The van der Waals surface area contributed by atoms with E-state index in [4.69, 9.17) is 14.7 Å². The second-order valence-corrected chi connectivity index (χ2v) is 5.21. The van der Waals surface area contributed by atoms with Crippen LogP contribution in [0.3, 0.4) is 0 Å². The molecule has 1 fully saturated rings. The first-order chi connectivity index (χ1) is 9.79. The first-order valence-corrected chi connectivity index (χ1v) is 7.23. The van der Waals surface area contributed by atoms with E-state index >= 15 is 0 Å². The highest BCUT2D eigenvalue weighted by molar-refractivity contribution is 5.36. The van der Waals surface area contributed by atoms with Gasteiger partial charge in [0, 0.05) is 19.2 Å². The lowest BCUT2D eigenvalue weighted by molar-refractivity contribution is 0.0415. The van der Waals surface area contributed by atoms with Gasteiger partial charge in [-0.1, -0.05) is 6.07 Å². The number of nitrogens with zero attached hydrogens (tertiary/aromatic N) is 1. The van der Waals surface area contributed by atoms with E-state index in [1.54, 1.807) is 12.1 Å². The molecule has 108 valence electrons. The molecule has 4 heteroatoms. The molecule has 0 aliphatic carbocycles. The Morgan fingerprint density at radius 1 is 1.55 bits per heavy atom. The summed E-state index contributed by atoms with van der Waals surface area (Å²) in [4.78, 5) is 0. The van der Waals surface area contributed by atoms with Gasteiger partial charge < -0.3 is 14.8 Å². The summed E-state index contributed by atoms with van der Waals surface area (Å²) in [6, 6.07) is 9.81. The van der Waals surface area contributed by atoms with Crippen LogP contribution in [-0.2, 0) is 4.74 Å². The maximum absolute atomic E-state index is 8.82. The van der Waals surface area contributed by atoms with Crippen LogP contribution in [-0.4, -0.2) is 32.4 Å². The molecule has 20 heavy (non-hydrogen) atoms. The summed E-state index contributed by atoms with van der Waals surface area (Å²) >= 11 is 0. The Morgan fingerprint density at radius 3 is 3.20 bits per heavy atom. The van der Waals surface area contributed by atoms with Crippen LogP contribution in [0.25, 0.3) is 0 Å². The van der Waals surface area contributed by atoms with Crippen molar-refractivity contribution in [3.05, 3.63) is 29.8 Å². The van der Waals surface area contributed by atoms with E-state index in [-0.39, 0.29) is 0 Å². The SMILES string of the molecule is C[C@@H](NCCOc1cccc(C#N)c1)[C@H]1CCCOC1. The van der Waals surface area contributed by atoms with Crippen LogP contribution in [0, 0.1) is 17.2 Å². The number of benzene rings is 1. The van der Waals surface area contributed by atoms with Crippen LogP contribution in [0.15, 0.2) is 24.3 Å². The zero-order valence-corrected chi connectivity index (χ0v) is 12.0. The lowest BCUT2D eigenvalue weighted by Gasteiger charge is -2.28. The van der Waals surface area contributed by atoms with Crippen molar-refractivity contribution in [3.8, 4) is 11.8 Å². The summed E-state index contributed by atoms with van der Waals surface area (Å²) in [5.41, 5.74) is 0.628. The Kier molecular flexibility index (Phi) is 5.85. The average Bonchev–Trinajstić information content (AvgIpc) is 2.52. The molecule has 0 saturated carbocycles. The van der Waals surface area contributed by atoms with E-state index in [9.17, 15) is 0 Å². The predicted octanol–water partition coefficient (Wildman–Crippen LogP) is 2.34. The van der Waals surface area contributed by atoms with Crippen molar-refractivity contribution in [2.75, 3.05) is 26.4 Å². The molecule has 2 atom stereocenters. The van der Waals surface area contributed by atoms with Crippen molar-refractivity contribution in [1.82, 2.24) is 5.32 Å². The van der Waals surface area contributed by atoms with E-state index in [2.05, 4.69) is 18.3 Å². The van der Waals surface area contributed by atoms with Crippen molar-refractivity contribution >= 4 is 0 Å². The molecule has 0 aromatic heterocycles. The Bertz CT molecular complexity index is 450. The highest BCUT2D eigenvalue weighted by Crippen LogP contribution is 2.17. The number of nitriles is 1. The van der Waals surface area contributed by atoms with E-state index in [0.29, 0.717) is 24.1 Å². The number of hydrogen-bond donors (Lipinski definition) is 1. The maximum Gasteiger partial charge on any atom is 0.120 e. The van der Waals surface area contributed by atoms with Gasteiger partial charge in [0.1, 0.15) is 12.4 Å².